The molecular weight excluding hydrogens is 216 g/mol. The summed E-state index contributed by atoms with van der Waals surface area (Å²) in [6.07, 6.45) is 4.05. The van der Waals surface area contributed by atoms with Gasteiger partial charge in [0.15, 0.2) is 5.78 Å². The van der Waals surface area contributed by atoms with Gasteiger partial charge < -0.3 is 9.84 Å². The van der Waals surface area contributed by atoms with E-state index in [1.807, 2.05) is 6.07 Å². The normalized spacial score (nSPS) is 18.7. The van der Waals surface area contributed by atoms with Crippen molar-refractivity contribution in [1.82, 2.24) is 0 Å². The van der Waals surface area contributed by atoms with Crippen LogP contribution < -0.4 is 4.74 Å². The first-order valence-corrected chi connectivity index (χ1v) is 6.07. The smallest absolute Gasteiger partial charge is 0.198 e. The van der Waals surface area contributed by atoms with Gasteiger partial charge in [0.2, 0.25) is 0 Å². The topological polar surface area (TPSA) is 46.5 Å². The van der Waals surface area contributed by atoms with Crippen molar-refractivity contribution in [2.24, 2.45) is 0 Å². The van der Waals surface area contributed by atoms with Crippen LogP contribution in [-0.2, 0) is 0 Å². The molecule has 92 valence electrons. The zero-order chi connectivity index (χ0) is 12.3. The molecule has 1 fully saturated rings. The fraction of sp³-hybridized carbons (Fsp3) is 0.500. The molecule has 0 atom stereocenters. The van der Waals surface area contributed by atoms with Crippen molar-refractivity contribution in [3.05, 3.63) is 29.8 Å². The Balaban J connectivity index is 2.29. The molecule has 1 aliphatic rings. The Bertz CT molecular complexity index is 406. The fourth-order valence-corrected chi connectivity index (χ4v) is 2.45. The summed E-state index contributed by atoms with van der Waals surface area (Å²) in [5.41, 5.74) is -0.702. The highest BCUT2D eigenvalue weighted by Gasteiger charge is 2.38. The highest BCUT2D eigenvalue weighted by molar-refractivity contribution is 6.04. The third-order valence-corrected chi connectivity index (χ3v) is 3.45. The molecule has 0 saturated heterocycles. The van der Waals surface area contributed by atoms with Gasteiger partial charge in [0.25, 0.3) is 0 Å². The lowest BCUT2D eigenvalue weighted by atomic mass is 9.79. The maximum Gasteiger partial charge on any atom is 0.198 e. The molecule has 0 unspecified atom stereocenters. The van der Waals surface area contributed by atoms with E-state index in [-0.39, 0.29) is 5.78 Å². The summed E-state index contributed by atoms with van der Waals surface area (Å²) < 4.78 is 5.17. The van der Waals surface area contributed by atoms with Gasteiger partial charge in [-0.05, 0) is 25.0 Å². The SMILES string of the molecule is COc1ccccc1C(=O)C1(O)CCCCC1. The van der Waals surface area contributed by atoms with Crippen molar-refractivity contribution < 1.29 is 14.6 Å². The van der Waals surface area contributed by atoms with E-state index < -0.39 is 5.60 Å². The first kappa shape index (κ1) is 12.1. The number of benzene rings is 1. The maximum atomic E-state index is 12.4. The Kier molecular flexibility index (Phi) is 3.48. The summed E-state index contributed by atoms with van der Waals surface area (Å²) in [5.74, 6) is 0.339. The second-order valence-corrected chi connectivity index (χ2v) is 4.62. The molecule has 1 aliphatic carbocycles. The number of aliphatic hydroxyl groups is 1. The molecule has 3 heteroatoms. The summed E-state index contributed by atoms with van der Waals surface area (Å²) in [5, 5.41) is 10.4. The van der Waals surface area contributed by atoms with Gasteiger partial charge in [-0.25, -0.2) is 0 Å². The molecule has 0 aliphatic heterocycles. The molecule has 0 amide bonds. The third-order valence-electron chi connectivity index (χ3n) is 3.45. The van der Waals surface area contributed by atoms with E-state index in [0.717, 1.165) is 19.3 Å². The van der Waals surface area contributed by atoms with Crippen LogP contribution in [0.15, 0.2) is 24.3 Å². The van der Waals surface area contributed by atoms with Crippen LogP contribution in [0.5, 0.6) is 5.75 Å². The Morgan fingerprint density at radius 3 is 2.53 bits per heavy atom. The second kappa shape index (κ2) is 4.88. The molecule has 1 saturated carbocycles. The van der Waals surface area contributed by atoms with Crippen molar-refractivity contribution in [3.8, 4) is 5.75 Å². The molecule has 2 rings (SSSR count). The maximum absolute atomic E-state index is 12.4. The van der Waals surface area contributed by atoms with Crippen LogP contribution in [0, 0.1) is 0 Å². The highest BCUT2D eigenvalue weighted by atomic mass is 16.5. The van der Waals surface area contributed by atoms with Gasteiger partial charge in [-0.15, -0.1) is 0 Å². The van der Waals surface area contributed by atoms with Crippen molar-refractivity contribution in [1.29, 1.82) is 0 Å². The lowest BCUT2D eigenvalue weighted by Crippen LogP contribution is -2.40. The molecule has 1 aromatic rings. The second-order valence-electron chi connectivity index (χ2n) is 4.62. The molecule has 0 aromatic heterocycles. The van der Waals surface area contributed by atoms with Gasteiger partial charge in [-0.3, -0.25) is 4.79 Å². The van der Waals surface area contributed by atoms with Crippen LogP contribution >= 0.6 is 0 Å². The Labute approximate surface area is 101 Å². The number of methoxy groups -OCH3 is 1. The minimum Gasteiger partial charge on any atom is -0.496 e. The van der Waals surface area contributed by atoms with E-state index in [9.17, 15) is 9.90 Å². The van der Waals surface area contributed by atoms with Gasteiger partial charge >= 0.3 is 0 Å². The average molecular weight is 234 g/mol. The standard InChI is InChI=1S/C14H18O3/c1-17-12-8-4-3-7-11(12)13(15)14(16)9-5-2-6-10-14/h3-4,7-8,16H,2,5-6,9-10H2,1H3. The molecule has 0 spiro atoms. The van der Waals surface area contributed by atoms with Gasteiger partial charge in [0.05, 0.1) is 12.7 Å². The lowest BCUT2D eigenvalue weighted by Gasteiger charge is -2.30. The Hall–Kier alpha value is -1.35. The molecule has 3 nitrogen and oxygen atoms in total. The summed E-state index contributed by atoms with van der Waals surface area (Å²) in [4.78, 5) is 12.4. The zero-order valence-corrected chi connectivity index (χ0v) is 10.1. The molecule has 0 heterocycles. The van der Waals surface area contributed by atoms with E-state index in [2.05, 4.69) is 0 Å². The van der Waals surface area contributed by atoms with Crippen molar-refractivity contribution in [3.63, 3.8) is 0 Å². The number of ether oxygens (including phenoxy) is 1. The number of hydrogen-bond acceptors (Lipinski definition) is 3. The van der Waals surface area contributed by atoms with E-state index in [4.69, 9.17) is 4.74 Å². The Morgan fingerprint density at radius 1 is 1.24 bits per heavy atom. The molecule has 17 heavy (non-hydrogen) atoms. The number of rotatable bonds is 3. The molecular formula is C14H18O3. The largest absolute Gasteiger partial charge is 0.496 e. The summed E-state index contributed by atoms with van der Waals surface area (Å²) in [6, 6.07) is 7.08. The number of Topliss-reactive ketones (excluding diaryl/α,β-unsaturated/α-hetero) is 1. The van der Waals surface area contributed by atoms with Gasteiger partial charge in [-0.2, -0.15) is 0 Å². The van der Waals surface area contributed by atoms with Crippen LogP contribution in [0.4, 0.5) is 0 Å². The highest BCUT2D eigenvalue weighted by Crippen LogP contribution is 2.33. The molecule has 1 N–H and O–H groups in total. The Morgan fingerprint density at radius 2 is 1.88 bits per heavy atom. The van der Waals surface area contributed by atoms with Crippen molar-refractivity contribution >= 4 is 5.78 Å². The molecule has 1 aromatic carbocycles. The van der Waals surface area contributed by atoms with Crippen LogP contribution in [0.3, 0.4) is 0 Å². The van der Waals surface area contributed by atoms with E-state index in [1.54, 1.807) is 18.2 Å². The number of carbonyl (C=O) groups excluding carboxylic acids is 1. The zero-order valence-electron chi connectivity index (χ0n) is 10.1. The predicted octanol–water partition coefficient (Wildman–Crippen LogP) is 2.57. The van der Waals surface area contributed by atoms with Crippen LogP contribution in [0.1, 0.15) is 42.5 Å². The minimum absolute atomic E-state index is 0.199. The first-order valence-electron chi connectivity index (χ1n) is 6.07. The van der Waals surface area contributed by atoms with Gasteiger partial charge in [-0.1, -0.05) is 31.4 Å². The molecule has 0 bridgehead atoms. The summed E-state index contributed by atoms with van der Waals surface area (Å²) >= 11 is 0. The quantitative estimate of drug-likeness (QED) is 0.818. The minimum atomic E-state index is -1.19. The summed E-state index contributed by atoms with van der Waals surface area (Å²) in [7, 11) is 1.54. The number of carbonyl (C=O) groups is 1. The van der Waals surface area contributed by atoms with Crippen molar-refractivity contribution in [2.45, 2.75) is 37.7 Å². The van der Waals surface area contributed by atoms with Crippen LogP contribution in [-0.4, -0.2) is 23.6 Å². The summed E-state index contributed by atoms with van der Waals surface area (Å²) in [6.45, 7) is 0. The number of ketones is 1. The van der Waals surface area contributed by atoms with Gasteiger partial charge in [0.1, 0.15) is 11.4 Å². The van der Waals surface area contributed by atoms with E-state index in [1.165, 1.54) is 7.11 Å². The van der Waals surface area contributed by atoms with Gasteiger partial charge in [0, 0.05) is 0 Å². The number of para-hydroxylation sites is 1. The molecule has 0 radical (unpaired) electrons. The van der Waals surface area contributed by atoms with Crippen LogP contribution in [0.25, 0.3) is 0 Å². The third kappa shape index (κ3) is 2.34. The predicted molar refractivity (Wildman–Crippen MR) is 65.4 cm³/mol. The fourth-order valence-electron chi connectivity index (χ4n) is 2.45. The van der Waals surface area contributed by atoms with E-state index >= 15 is 0 Å². The average Bonchev–Trinajstić information content (AvgIpc) is 2.38. The van der Waals surface area contributed by atoms with Crippen molar-refractivity contribution in [2.75, 3.05) is 7.11 Å². The van der Waals surface area contributed by atoms with E-state index in [0.29, 0.717) is 24.2 Å². The lowest BCUT2D eigenvalue weighted by molar-refractivity contribution is 0.0114. The van der Waals surface area contributed by atoms with Crippen LogP contribution in [0.2, 0.25) is 0 Å². The monoisotopic (exact) mass is 234 g/mol. The first-order chi connectivity index (χ1) is 8.17. The number of hydrogen-bond donors (Lipinski definition) is 1.